The lowest BCUT2D eigenvalue weighted by atomic mass is 9.49. The summed E-state index contributed by atoms with van der Waals surface area (Å²) >= 11 is 0. The second-order valence-electron chi connectivity index (χ2n) is 8.44. The van der Waals surface area contributed by atoms with Gasteiger partial charge in [-0.05, 0) is 60.6 Å². The van der Waals surface area contributed by atoms with Crippen molar-refractivity contribution in [2.75, 3.05) is 7.11 Å². The van der Waals surface area contributed by atoms with E-state index >= 15 is 0 Å². The van der Waals surface area contributed by atoms with Crippen LogP contribution < -0.4 is 0 Å². The number of benzene rings is 1. The molecule has 2 aliphatic rings. The molecular formula is C21H29NO3. The van der Waals surface area contributed by atoms with E-state index in [-0.39, 0.29) is 17.3 Å². The highest BCUT2D eigenvalue weighted by Gasteiger charge is 2.56. The molecule has 0 aromatic heterocycles. The molecule has 1 saturated carbocycles. The number of ether oxygens (including phenoxy) is 1. The molecule has 0 heterocycles. The molecule has 0 amide bonds. The summed E-state index contributed by atoms with van der Waals surface area (Å²) in [5.74, 6) is 0.343. The highest BCUT2D eigenvalue weighted by atomic mass is 16.5. The van der Waals surface area contributed by atoms with Crippen molar-refractivity contribution >= 4 is 11.7 Å². The zero-order valence-electron chi connectivity index (χ0n) is 15.9. The zero-order valence-corrected chi connectivity index (χ0v) is 15.9. The maximum absolute atomic E-state index is 12.6. The smallest absolute Gasteiger partial charge is 0.311 e. The van der Waals surface area contributed by atoms with Gasteiger partial charge in [-0.1, -0.05) is 44.5 Å². The van der Waals surface area contributed by atoms with Gasteiger partial charge in [0.05, 0.1) is 18.2 Å². The number of esters is 1. The maximum atomic E-state index is 12.6. The first-order valence-corrected chi connectivity index (χ1v) is 9.22. The molecule has 0 bridgehead atoms. The molecule has 2 aliphatic carbocycles. The van der Waals surface area contributed by atoms with Crippen LogP contribution in [0.3, 0.4) is 0 Å². The van der Waals surface area contributed by atoms with Gasteiger partial charge in [-0.15, -0.1) is 0 Å². The van der Waals surface area contributed by atoms with E-state index in [2.05, 4.69) is 44.1 Å². The summed E-state index contributed by atoms with van der Waals surface area (Å²) in [6.45, 7) is 8.61. The lowest BCUT2D eigenvalue weighted by Gasteiger charge is -2.53. The van der Waals surface area contributed by atoms with Gasteiger partial charge in [0.25, 0.3) is 0 Å². The number of hydrogen-bond donors (Lipinski definition) is 1. The van der Waals surface area contributed by atoms with Gasteiger partial charge in [0, 0.05) is 5.56 Å². The minimum atomic E-state index is -0.550. The van der Waals surface area contributed by atoms with E-state index in [0.29, 0.717) is 18.1 Å². The summed E-state index contributed by atoms with van der Waals surface area (Å²) in [4.78, 5) is 12.6. The standard InChI is InChI=1S/C21H29NO3/c1-13(2)14-7-8-16-15(11-14)17(22-24)12-18-20(16,3)9-6-10-21(18,4)19(23)25-5/h7-8,11,13,18,24H,6,9-10,12H2,1-5H3/t18-,20-,21-/m1/s1. The minimum absolute atomic E-state index is 0.0736. The van der Waals surface area contributed by atoms with Crippen molar-refractivity contribution in [1.29, 1.82) is 0 Å². The predicted octanol–water partition coefficient (Wildman–Crippen LogP) is 4.63. The Balaban J connectivity index is 2.18. The van der Waals surface area contributed by atoms with E-state index in [0.717, 1.165) is 24.8 Å². The van der Waals surface area contributed by atoms with Crippen LogP contribution in [0.1, 0.15) is 76.0 Å². The molecule has 4 heteroatoms. The summed E-state index contributed by atoms with van der Waals surface area (Å²) in [6.07, 6.45) is 3.46. The highest BCUT2D eigenvalue weighted by molar-refractivity contribution is 6.04. The van der Waals surface area contributed by atoms with Gasteiger partial charge in [-0.3, -0.25) is 4.79 Å². The SMILES string of the molecule is COC(=O)[C@]1(C)CCC[C@]2(C)c3ccc(C(C)C)cc3C(=NO)C[C@@H]12. The third kappa shape index (κ3) is 2.57. The number of nitrogens with zero attached hydrogens (tertiary/aromatic N) is 1. The van der Waals surface area contributed by atoms with Crippen LogP contribution in [0.2, 0.25) is 0 Å². The first kappa shape index (κ1) is 18.0. The molecule has 1 fully saturated rings. The Morgan fingerprint density at radius 1 is 1.32 bits per heavy atom. The number of rotatable bonds is 2. The molecule has 136 valence electrons. The van der Waals surface area contributed by atoms with Crippen molar-refractivity contribution in [3.05, 3.63) is 34.9 Å². The van der Waals surface area contributed by atoms with Gasteiger partial charge in [0.15, 0.2) is 0 Å². The van der Waals surface area contributed by atoms with Crippen molar-refractivity contribution < 1.29 is 14.7 Å². The molecule has 0 radical (unpaired) electrons. The van der Waals surface area contributed by atoms with Gasteiger partial charge in [0.1, 0.15) is 0 Å². The van der Waals surface area contributed by atoms with Crippen molar-refractivity contribution in [2.45, 2.75) is 64.7 Å². The lowest BCUT2D eigenvalue weighted by molar-refractivity contribution is -0.160. The predicted molar refractivity (Wildman–Crippen MR) is 98.3 cm³/mol. The van der Waals surface area contributed by atoms with Crippen LogP contribution in [-0.4, -0.2) is 24.0 Å². The Labute approximate surface area is 150 Å². The molecule has 0 aliphatic heterocycles. The van der Waals surface area contributed by atoms with Crippen LogP contribution in [-0.2, 0) is 14.9 Å². The molecule has 25 heavy (non-hydrogen) atoms. The van der Waals surface area contributed by atoms with Gasteiger partial charge in [0.2, 0.25) is 0 Å². The Bertz CT molecular complexity index is 724. The number of hydrogen-bond acceptors (Lipinski definition) is 4. The van der Waals surface area contributed by atoms with Crippen molar-refractivity contribution in [3.8, 4) is 0 Å². The zero-order chi connectivity index (χ0) is 18.4. The van der Waals surface area contributed by atoms with E-state index < -0.39 is 5.41 Å². The normalized spacial score (nSPS) is 33.0. The van der Waals surface area contributed by atoms with E-state index in [1.165, 1.54) is 18.2 Å². The minimum Gasteiger partial charge on any atom is -0.469 e. The monoisotopic (exact) mass is 343 g/mol. The van der Waals surface area contributed by atoms with Crippen molar-refractivity contribution in [3.63, 3.8) is 0 Å². The molecule has 1 aromatic rings. The van der Waals surface area contributed by atoms with Crippen LogP contribution in [0.25, 0.3) is 0 Å². The van der Waals surface area contributed by atoms with Crippen molar-refractivity contribution in [2.24, 2.45) is 16.5 Å². The first-order valence-electron chi connectivity index (χ1n) is 9.22. The average Bonchev–Trinajstić information content (AvgIpc) is 2.60. The summed E-state index contributed by atoms with van der Waals surface area (Å²) in [5.41, 5.74) is 3.52. The Morgan fingerprint density at radius 3 is 2.64 bits per heavy atom. The second kappa shape index (κ2) is 6.15. The highest BCUT2D eigenvalue weighted by Crippen LogP contribution is 2.57. The van der Waals surface area contributed by atoms with Crippen LogP contribution in [0.15, 0.2) is 23.4 Å². The second-order valence-corrected chi connectivity index (χ2v) is 8.44. The number of carbonyl (C=O) groups excluding carboxylic acids is 1. The number of carbonyl (C=O) groups is 1. The van der Waals surface area contributed by atoms with E-state index in [1.54, 1.807) is 0 Å². The Kier molecular flexibility index (Phi) is 4.42. The molecule has 0 unspecified atom stereocenters. The van der Waals surface area contributed by atoms with Crippen molar-refractivity contribution in [1.82, 2.24) is 0 Å². The fraction of sp³-hybridized carbons (Fsp3) is 0.619. The summed E-state index contributed by atoms with van der Waals surface area (Å²) in [5, 5.41) is 13.3. The maximum Gasteiger partial charge on any atom is 0.311 e. The van der Waals surface area contributed by atoms with Gasteiger partial charge in [-0.25, -0.2) is 0 Å². The molecule has 1 N–H and O–H groups in total. The Morgan fingerprint density at radius 2 is 2.04 bits per heavy atom. The molecule has 1 aromatic carbocycles. The number of oxime groups is 1. The van der Waals surface area contributed by atoms with Crippen LogP contribution in [0.5, 0.6) is 0 Å². The number of methoxy groups -OCH3 is 1. The van der Waals surface area contributed by atoms with Gasteiger partial charge < -0.3 is 9.94 Å². The third-order valence-electron chi connectivity index (χ3n) is 6.74. The first-order chi connectivity index (χ1) is 11.8. The largest absolute Gasteiger partial charge is 0.469 e. The fourth-order valence-corrected chi connectivity index (χ4v) is 5.18. The summed E-state index contributed by atoms with van der Waals surface area (Å²) < 4.78 is 5.15. The molecular weight excluding hydrogens is 314 g/mol. The molecule has 0 saturated heterocycles. The molecule has 4 nitrogen and oxygen atoms in total. The molecule has 0 spiro atoms. The summed E-state index contributed by atoms with van der Waals surface area (Å²) in [6, 6.07) is 6.53. The Hall–Kier alpha value is -1.84. The molecule has 3 atom stereocenters. The fourth-order valence-electron chi connectivity index (χ4n) is 5.18. The van der Waals surface area contributed by atoms with E-state index in [9.17, 15) is 10.0 Å². The lowest BCUT2D eigenvalue weighted by Crippen LogP contribution is -2.53. The van der Waals surface area contributed by atoms with Gasteiger partial charge in [-0.2, -0.15) is 0 Å². The van der Waals surface area contributed by atoms with E-state index in [1.807, 2.05) is 6.92 Å². The van der Waals surface area contributed by atoms with Crippen LogP contribution >= 0.6 is 0 Å². The average molecular weight is 343 g/mol. The number of fused-ring (bicyclic) bond motifs is 3. The third-order valence-corrected chi connectivity index (χ3v) is 6.74. The topological polar surface area (TPSA) is 58.9 Å². The van der Waals surface area contributed by atoms with Crippen LogP contribution in [0.4, 0.5) is 0 Å². The van der Waals surface area contributed by atoms with Crippen LogP contribution in [0, 0.1) is 11.3 Å². The molecule has 3 rings (SSSR count). The summed E-state index contributed by atoms with van der Waals surface area (Å²) in [7, 11) is 1.46. The quantitative estimate of drug-likeness (QED) is 0.484. The van der Waals surface area contributed by atoms with Gasteiger partial charge >= 0.3 is 5.97 Å². The van der Waals surface area contributed by atoms with E-state index in [4.69, 9.17) is 4.74 Å².